The number of pyridine rings is 1. The summed E-state index contributed by atoms with van der Waals surface area (Å²) in [5.41, 5.74) is 1.84. The summed E-state index contributed by atoms with van der Waals surface area (Å²) in [5.74, 6) is -0.967. The molecule has 1 aliphatic rings. The first-order valence-corrected chi connectivity index (χ1v) is 5.85. The Kier molecular flexibility index (Phi) is 3.45. The Morgan fingerprint density at radius 1 is 1.50 bits per heavy atom. The SMILES string of the molecule is CCNC(=O)N1CCc2c(cncc2C(=O)O)C1. The fourth-order valence-electron chi connectivity index (χ4n) is 2.11. The van der Waals surface area contributed by atoms with Crippen LogP contribution in [0.15, 0.2) is 12.4 Å². The average molecular weight is 249 g/mol. The van der Waals surface area contributed by atoms with Gasteiger partial charge in [0.15, 0.2) is 0 Å². The predicted octanol–water partition coefficient (Wildman–Crippen LogP) is 0.867. The zero-order chi connectivity index (χ0) is 13.1. The Balaban J connectivity index is 2.23. The van der Waals surface area contributed by atoms with Crippen molar-refractivity contribution in [2.75, 3.05) is 13.1 Å². The van der Waals surface area contributed by atoms with Gasteiger partial charge in [-0.1, -0.05) is 0 Å². The van der Waals surface area contributed by atoms with Crippen LogP contribution >= 0.6 is 0 Å². The molecule has 6 heteroatoms. The molecule has 2 amide bonds. The molecule has 0 radical (unpaired) electrons. The molecule has 0 atom stereocenters. The van der Waals surface area contributed by atoms with E-state index in [1.807, 2.05) is 6.92 Å². The van der Waals surface area contributed by atoms with Crippen molar-refractivity contribution in [3.05, 3.63) is 29.1 Å². The summed E-state index contributed by atoms with van der Waals surface area (Å²) >= 11 is 0. The van der Waals surface area contributed by atoms with E-state index in [0.717, 1.165) is 11.1 Å². The molecule has 1 aromatic rings. The summed E-state index contributed by atoms with van der Waals surface area (Å²) in [6.07, 6.45) is 3.55. The zero-order valence-electron chi connectivity index (χ0n) is 10.1. The van der Waals surface area contributed by atoms with Gasteiger partial charge in [0.1, 0.15) is 0 Å². The molecule has 6 nitrogen and oxygen atoms in total. The largest absolute Gasteiger partial charge is 0.478 e. The highest BCUT2D eigenvalue weighted by atomic mass is 16.4. The number of carbonyl (C=O) groups excluding carboxylic acids is 1. The van der Waals surface area contributed by atoms with Crippen molar-refractivity contribution in [1.29, 1.82) is 0 Å². The molecule has 0 saturated heterocycles. The molecular weight excluding hydrogens is 234 g/mol. The van der Waals surface area contributed by atoms with E-state index in [0.29, 0.717) is 26.1 Å². The van der Waals surface area contributed by atoms with Crippen LogP contribution in [-0.4, -0.2) is 40.1 Å². The summed E-state index contributed by atoms with van der Waals surface area (Å²) in [4.78, 5) is 28.3. The monoisotopic (exact) mass is 249 g/mol. The number of aromatic carboxylic acids is 1. The topological polar surface area (TPSA) is 82.5 Å². The van der Waals surface area contributed by atoms with Crippen LogP contribution in [0, 0.1) is 0 Å². The molecule has 2 heterocycles. The second-order valence-corrected chi connectivity index (χ2v) is 4.14. The number of carboxylic acid groups (broad SMARTS) is 1. The maximum absolute atomic E-state index is 11.7. The molecule has 0 fully saturated rings. The Morgan fingerprint density at radius 2 is 2.28 bits per heavy atom. The van der Waals surface area contributed by atoms with Crippen LogP contribution in [0.2, 0.25) is 0 Å². The van der Waals surface area contributed by atoms with Gasteiger partial charge in [-0.2, -0.15) is 0 Å². The van der Waals surface area contributed by atoms with Gasteiger partial charge in [-0.05, 0) is 24.5 Å². The summed E-state index contributed by atoms with van der Waals surface area (Å²) in [6, 6.07) is -0.121. The van der Waals surface area contributed by atoms with E-state index in [9.17, 15) is 9.59 Å². The normalized spacial score (nSPS) is 13.9. The number of fused-ring (bicyclic) bond motifs is 1. The summed E-state index contributed by atoms with van der Waals surface area (Å²) in [6.45, 7) is 3.38. The third-order valence-corrected chi connectivity index (χ3v) is 2.99. The Hall–Kier alpha value is -2.11. The van der Waals surface area contributed by atoms with E-state index in [-0.39, 0.29) is 11.6 Å². The summed E-state index contributed by atoms with van der Waals surface area (Å²) in [7, 11) is 0. The van der Waals surface area contributed by atoms with Crippen molar-refractivity contribution in [3.63, 3.8) is 0 Å². The summed E-state index contributed by atoms with van der Waals surface area (Å²) in [5, 5.41) is 11.8. The molecule has 96 valence electrons. The predicted molar refractivity (Wildman–Crippen MR) is 64.4 cm³/mol. The molecular formula is C12H15N3O3. The number of hydrogen-bond donors (Lipinski definition) is 2. The van der Waals surface area contributed by atoms with Gasteiger partial charge in [-0.15, -0.1) is 0 Å². The van der Waals surface area contributed by atoms with Gasteiger partial charge >= 0.3 is 12.0 Å². The number of aromatic nitrogens is 1. The van der Waals surface area contributed by atoms with Gasteiger partial charge < -0.3 is 15.3 Å². The molecule has 1 aliphatic heterocycles. The smallest absolute Gasteiger partial charge is 0.337 e. The van der Waals surface area contributed by atoms with Gasteiger partial charge in [-0.25, -0.2) is 9.59 Å². The van der Waals surface area contributed by atoms with E-state index >= 15 is 0 Å². The molecule has 18 heavy (non-hydrogen) atoms. The fourth-order valence-corrected chi connectivity index (χ4v) is 2.11. The van der Waals surface area contributed by atoms with Crippen LogP contribution in [0.3, 0.4) is 0 Å². The molecule has 0 aromatic carbocycles. The van der Waals surface area contributed by atoms with Gasteiger partial charge in [0.25, 0.3) is 0 Å². The Labute approximate surface area is 105 Å². The van der Waals surface area contributed by atoms with Crippen LogP contribution in [0.25, 0.3) is 0 Å². The highest BCUT2D eigenvalue weighted by Gasteiger charge is 2.24. The first kappa shape index (κ1) is 12.3. The number of nitrogens with one attached hydrogen (secondary N) is 1. The number of nitrogens with zero attached hydrogens (tertiary/aromatic N) is 2. The minimum atomic E-state index is -0.967. The molecule has 0 bridgehead atoms. The van der Waals surface area contributed by atoms with Crippen molar-refractivity contribution in [2.45, 2.75) is 19.9 Å². The third kappa shape index (κ3) is 2.27. The lowest BCUT2D eigenvalue weighted by molar-refractivity contribution is 0.0694. The van der Waals surface area contributed by atoms with Crippen molar-refractivity contribution >= 4 is 12.0 Å². The Bertz CT molecular complexity index is 487. The van der Waals surface area contributed by atoms with Crippen LogP contribution < -0.4 is 5.32 Å². The second kappa shape index (κ2) is 5.03. The van der Waals surface area contributed by atoms with E-state index in [1.165, 1.54) is 6.20 Å². The minimum Gasteiger partial charge on any atom is -0.478 e. The van der Waals surface area contributed by atoms with Gasteiger partial charge in [0.05, 0.1) is 5.56 Å². The number of hydrogen-bond acceptors (Lipinski definition) is 3. The molecule has 2 N–H and O–H groups in total. The fraction of sp³-hybridized carbons (Fsp3) is 0.417. The van der Waals surface area contributed by atoms with Gasteiger partial charge in [0, 0.05) is 32.0 Å². The first-order chi connectivity index (χ1) is 8.63. The maximum atomic E-state index is 11.7. The van der Waals surface area contributed by atoms with Crippen molar-refractivity contribution in [3.8, 4) is 0 Å². The van der Waals surface area contributed by atoms with E-state index in [2.05, 4.69) is 10.3 Å². The Morgan fingerprint density at radius 3 is 2.94 bits per heavy atom. The molecule has 0 unspecified atom stereocenters. The van der Waals surface area contributed by atoms with E-state index in [4.69, 9.17) is 5.11 Å². The van der Waals surface area contributed by atoms with Crippen LogP contribution in [0.5, 0.6) is 0 Å². The van der Waals surface area contributed by atoms with Gasteiger partial charge in [-0.3, -0.25) is 4.98 Å². The number of amides is 2. The van der Waals surface area contributed by atoms with E-state index in [1.54, 1.807) is 11.1 Å². The minimum absolute atomic E-state index is 0.121. The average Bonchev–Trinajstić information content (AvgIpc) is 2.37. The molecule has 2 rings (SSSR count). The second-order valence-electron chi connectivity index (χ2n) is 4.14. The lowest BCUT2D eigenvalue weighted by Gasteiger charge is -2.29. The first-order valence-electron chi connectivity index (χ1n) is 5.85. The standard InChI is InChI=1S/C12H15N3O3/c1-2-14-12(18)15-4-3-9-8(7-15)5-13-6-10(9)11(16)17/h5-6H,2-4,7H2,1H3,(H,14,18)(H,16,17). The summed E-state index contributed by atoms with van der Waals surface area (Å²) < 4.78 is 0. The maximum Gasteiger partial charge on any atom is 0.337 e. The van der Waals surface area contributed by atoms with Crippen LogP contribution in [-0.2, 0) is 13.0 Å². The highest BCUT2D eigenvalue weighted by Crippen LogP contribution is 2.21. The third-order valence-electron chi connectivity index (χ3n) is 2.99. The van der Waals surface area contributed by atoms with Crippen molar-refractivity contribution in [2.24, 2.45) is 0 Å². The highest BCUT2D eigenvalue weighted by molar-refractivity contribution is 5.89. The zero-order valence-corrected chi connectivity index (χ0v) is 10.1. The van der Waals surface area contributed by atoms with Crippen molar-refractivity contribution in [1.82, 2.24) is 15.2 Å². The van der Waals surface area contributed by atoms with Crippen LogP contribution in [0.4, 0.5) is 4.79 Å². The quantitative estimate of drug-likeness (QED) is 0.814. The lowest BCUT2D eigenvalue weighted by atomic mass is 9.97. The van der Waals surface area contributed by atoms with Crippen molar-refractivity contribution < 1.29 is 14.7 Å². The molecule has 1 aromatic heterocycles. The molecule has 0 spiro atoms. The molecule has 0 aliphatic carbocycles. The molecule has 0 saturated carbocycles. The number of urea groups is 1. The van der Waals surface area contributed by atoms with E-state index < -0.39 is 5.97 Å². The van der Waals surface area contributed by atoms with Gasteiger partial charge in [0.2, 0.25) is 0 Å². The van der Waals surface area contributed by atoms with Crippen LogP contribution in [0.1, 0.15) is 28.4 Å². The number of carbonyl (C=O) groups is 2. The lowest BCUT2D eigenvalue weighted by Crippen LogP contribution is -2.43. The number of rotatable bonds is 2. The number of carboxylic acids is 1.